The zero-order valence-corrected chi connectivity index (χ0v) is 9.50. The Balaban J connectivity index is 2.99. The first-order chi connectivity index (χ1) is 6.19. The van der Waals surface area contributed by atoms with Gasteiger partial charge in [0.2, 0.25) is 0 Å². The third-order valence-electron chi connectivity index (χ3n) is 1.91. The molecule has 0 atom stereocenters. The lowest BCUT2D eigenvalue weighted by molar-refractivity contribution is 0.843. The van der Waals surface area contributed by atoms with E-state index < -0.39 is 0 Å². The average molecular weight is 244 g/mol. The predicted molar refractivity (Wildman–Crippen MR) is 59.9 cm³/mol. The SMILES string of the molecule is CCN(CC)c1ncc(N)cc1Br. The third-order valence-corrected chi connectivity index (χ3v) is 2.49. The fourth-order valence-electron chi connectivity index (χ4n) is 1.20. The fraction of sp³-hybridized carbons (Fsp3) is 0.444. The normalized spacial score (nSPS) is 10.1. The number of nitrogen functional groups attached to an aromatic ring is 1. The minimum absolute atomic E-state index is 0.683. The first-order valence-electron chi connectivity index (χ1n) is 4.35. The van der Waals surface area contributed by atoms with Crippen molar-refractivity contribution in [2.24, 2.45) is 0 Å². The van der Waals surface area contributed by atoms with Gasteiger partial charge in [-0.2, -0.15) is 0 Å². The van der Waals surface area contributed by atoms with Crippen molar-refractivity contribution < 1.29 is 0 Å². The maximum atomic E-state index is 5.60. The maximum Gasteiger partial charge on any atom is 0.143 e. The highest BCUT2D eigenvalue weighted by Gasteiger charge is 2.07. The number of nitrogens with two attached hydrogens (primary N) is 1. The van der Waals surface area contributed by atoms with Crippen LogP contribution in [-0.2, 0) is 0 Å². The fourth-order valence-corrected chi connectivity index (χ4v) is 1.82. The van der Waals surface area contributed by atoms with Crippen LogP contribution in [0.3, 0.4) is 0 Å². The summed E-state index contributed by atoms with van der Waals surface area (Å²) in [5.41, 5.74) is 6.28. The average Bonchev–Trinajstić information content (AvgIpc) is 2.10. The molecule has 0 bridgehead atoms. The minimum atomic E-state index is 0.683. The van der Waals surface area contributed by atoms with Crippen molar-refractivity contribution in [2.75, 3.05) is 23.7 Å². The molecular formula is C9H14BrN3. The summed E-state index contributed by atoms with van der Waals surface area (Å²) in [6.07, 6.45) is 1.68. The highest BCUT2D eigenvalue weighted by molar-refractivity contribution is 9.10. The number of hydrogen-bond donors (Lipinski definition) is 1. The molecule has 1 aromatic rings. The van der Waals surface area contributed by atoms with Crippen molar-refractivity contribution in [1.82, 2.24) is 4.98 Å². The van der Waals surface area contributed by atoms with Gasteiger partial charge in [-0.05, 0) is 35.8 Å². The Kier molecular flexibility index (Phi) is 3.54. The standard InChI is InChI=1S/C9H14BrN3/c1-3-13(4-2)9-8(10)5-7(11)6-12-9/h5-6H,3-4,11H2,1-2H3. The molecule has 0 aliphatic rings. The Bertz CT molecular complexity index is 284. The van der Waals surface area contributed by atoms with Crippen LogP contribution in [0, 0.1) is 0 Å². The van der Waals surface area contributed by atoms with Gasteiger partial charge in [0.1, 0.15) is 5.82 Å². The van der Waals surface area contributed by atoms with E-state index in [4.69, 9.17) is 5.73 Å². The smallest absolute Gasteiger partial charge is 0.143 e. The van der Waals surface area contributed by atoms with Gasteiger partial charge in [0.05, 0.1) is 16.4 Å². The van der Waals surface area contributed by atoms with Crippen LogP contribution in [0.5, 0.6) is 0 Å². The molecule has 0 saturated heterocycles. The van der Waals surface area contributed by atoms with Crippen molar-refractivity contribution in [2.45, 2.75) is 13.8 Å². The summed E-state index contributed by atoms with van der Waals surface area (Å²) in [7, 11) is 0. The van der Waals surface area contributed by atoms with Gasteiger partial charge < -0.3 is 10.6 Å². The number of rotatable bonds is 3. The quantitative estimate of drug-likeness (QED) is 0.886. The number of anilines is 2. The monoisotopic (exact) mass is 243 g/mol. The van der Waals surface area contributed by atoms with Crippen molar-refractivity contribution in [3.05, 3.63) is 16.7 Å². The first kappa shape index (κ1) is 10.3. The Hall–Kier alpha value is -0.770. The molecule has 0 aromatic carbocycles. The molecule has 0 unspecified atom stereocenters. The summed E-state index contributed by atoms with van der Waals surface area (Å²) in [6.45, 7) is 6.11. The molecule has 0 radical (unpaired) electrons. The van der Waals surface area contributed by atoms with Gasteiger partial charge in [0.15, 0.2) is 0 Å². The van der Waals surface area contributed by atoms with Gasteiger partial charge in [-0.1, -0.05) is 0 Å². The van der Waals surface area contributed by atoms with E-state index in [1.54, 1.807) is 6.20 Å². The topological polar surface area (TPSA) is 42.2 Å². The molecule has 72 valence electrons. The molecule has 1 heterocycles. The minimum Gasteiger partial charge on any atom is -0.397 e. The second-order valence-corrected chi connectivity index (χ2v) is 3.60. The van der Waals surface area contributed by atoms with Crippen LogP contribution in [0.1, 0.15) is 13.8 Å². The van der Waals surface area contributed by atoms with E-state index in [9.17, 15) is 0 Å². The van der Waals surface area contributed by atoms with Crippen molar-refractivity contribution >= 4 is 27.4 Å². The predicted octanol–water partition coefficient (Wildman–Crippen LogP) is 2.27. The van der Waals surface area contributed by atoms with Crippen LogP contribution < -0.4 is 10.6 Å². The molecule has 4 heteroatoms. The summed E-state index contributed by atoms with van der Waals surface area (Å²) < 4.78 is 0.955. The number of hydrogen-bond acceptors (Lipinski definition) is 3. The highest BCUT2D eigenvalue weighted by atomic mass is 79.9. The lowest BCUT2D eigenvalue weighted by Crippen LogP contribution is -2.23. The van der Waals surface area contributed by atoms with Gasteiger partial charge in [-0.25, -0.2) is 4.98 Å². The molecule has 1 rings (SSSR count). The zero-order valence-electron chi connectivity index (χ0n) is 7.92. The van der Waals surface area contributed by atoms with Crippen molar-refractivity contribution in [3.63, 3.8) is 0 Å². The Morgan fingerprint density at radius 2 is 2.08 bits per heavy atom. The summed E-state index contributed by atoms with van der Waals surface area (Å²) in [4.78, 5) is 6.44. The van der Waals surface area contributed by atoms with E-state index in [0.29, 0.717) is 5.69 Å². The second kappa shape index (κ2) is 4.46. The largest absolute Gasteiger partial charge is 0.397 e. The van der Waals surface area contributed by atoms with E-state index in [2.05, 4.69) is 39.7 Å². The van der Waals surface area contributed by atoms with E-state index in [1.807, 2.05) is 6.07 Å². The van der Waals surface area contributed by atoms with E-state index >= 15 is 0 Å². The van der Waals surface area contributed by atoms with Gasteiger partial charge in [0, 0.05) is 13.1 Å². The van der Waals surface area contributed by atoms with Gasteiger partial charge in [-0.3, -0.25) is 0 Å². The molecule has 3 nitrogen and oxygen atoms in total. The Morgan fingerprint density at radius 1 is 1.46 bits per heavy atom. The van der Waals surface area contributed by atoms with Crippen LogP contribution in [0.4, 0.5) is 11.5 Å². The van der Waals surface area contributed by atoms with Gasteiger partial charge >= 0.3 is 0 Å². The van der Waals surface area contributed by atoms with Gasteiger partial charge in [0.25, 0.3) is 0 Å². The molecule has 0 spiro atoms. The molecule has 1 aromatic heterocycles. The van der Waals surface area contributed by atoms with E-state index in [-0.39, 0.29) is 0 Å². The molecular weight excluding hydrogens is 230 g/mol. The van der Waals surface area contributed by atoms with Crippen LogP contribution in [0.2, 0.25) is 0 Å². The number of aromatic nitrogens is 1. The lowest BCUT2D eigenvalue weighted by Gasteiger charge is -2.20. The third kappa shape index (κ3) is 2.34. The zero-order chi connectivity index (χ0) is 9.84. The summed E-state index contributed by atoms with van der Waals surface area (Å²) in [5.74, 6) is 0.958. The summed E-state index contributed by atoms with van der Waals surface area (Å²) in [6, 6.07) is 1.88. The van der Waals surface area contributed by atoms with Crippen molar-refractivity contribution in [1.29, 1.82) is 0 Å². The Labute approximate surface area is 87.1 Å². The number of halogens is 1. The maximum absolute atomic E-state index is 5.60. The molecule has 2 N–H and O–H groups in total. The number of nitrogens with zero attached hydrogens (tertiary/aromatic N) is 2. The second-order valence-electron chi connectivity index (χ2n) is 2.75. The van der Waals surface area contributed by atoms with Crippen LogP contribution in [0.25, 0.3) is 0 Å². The molecule has 0 aliphatic carbocycles. The molecule has 0 amide bonds. The van der Waals surface area contributed by atoms with E-state index in [1.165, 1.54) is 0 Å². The van der Waals surface area contributed by atoms with Crippen LogP contribution >= 0.6 is 15.9 Å². The van der Waals surface area contributed by atoms with Gasteiger partial charge in [-0.15, -0.1) is 0 Å². The van der Waals surface area contributed by atoms with Crippen LogP contribution in [0.15, 0.2) is 16.7 Å². The summed E-state index contributed by atoms with van der Waals surface area (Å²) in [5, 5.41) is 0. The van der Waals surface area contributed by atoms with Crippen LogP contribution in [-0.4, -0.2) is 18.1 Å². The van der Waals surface area contributed by atoms with E-state index in [0.717, 1.165) is 23.4 Å². The summed E-state index contributed by atoms with van der Waals surface area (Å²) >= 11 is 3.45. The molecule has 0 saturated carbocycles. The Morgan fingerprint density at radius 3 is 2.54 bits per heavy atom. The first-order valence-corrected chi connectivity index (χ1v) is 5.14. The molecule has 0 aliphatic heterocycles. The lowest BCUT2D eigenvalue weighted by atomic mass is 10.4. The number of pyridine rings is 1. The highest BCUT2D eigenvalue weighted by Crippen LogP contribution is 2.24. The molecule has 13 heavy (non-hydrogen) atoms. The van der Waals surface area contributed by atoms with Crippen molar-refractivity contribution in [3.8, 4) is 0 Å². The molecule has 0 fully saturated rings.